The Morgan fingerprint density at radius 3 is 2.37 bits per heavy atom. The molecule has 0 fully saturated rings. The molecule has 0 amide bonds. The average Bonchev–Trinajstić information content (AvgIpc) is 2.69. The van der Waals surface area contributed by atoms with Crippen molar-refractivity contribution in [2.24, 2.45) is 11.7 Å². The third kappa shape index (κ3) is 3.27. The molecule has 0 saturated carbocycles. The number of ether oxygens (including phenoxy) is 1. The van der Waals surface area contributed by atoms with Gasteiger partial charge in [0.15, 0.2) is 0 Å². The highest BCUT2D eigenvalue weighted by atomic mass is 16.5. The molecular weight excluding hydrogens is 332 g/mol. The number of hydrogen-bond acceptors (Lipinski definition) is 3. The van der Waals surface area contributed by atoms with E-state index in [1.165, 1.54) is 0 Å². The second kappa shape index (κ2) is 7.17. The summed E-state index contributed by atoms with van der Waals surface area (Å²) in [6.07, 6.45) is 4.02. The number of allylic oxidation sites excluding steroid dienone is 3. The Morgan fingerprint density at radius 2 is 1.70 bits per heavy atom. The Balaban J connectivity index is 1.87. The van der Waals surface area contributed by atoms with E-state index in [1.807, 2.05) is 36.4 Å². The lowest BCUT2D eigenvalue weighted by Crippen LogP contribution is -2.25. The summed E-state index contributed by atoms with van der Waals surface area (Å²) < 4.78 is 6.02. The standard InChI is InChI=1S/C24H22N2O/c1-16-12-19(14-17-8-4-2-5-9-17)23-20(13-16)22(18-10-6-3-7-11-18)21(15-25)24(26)27-23/h2-11,14,16,22H,12-13,26H2,1H3/t16-,22-/m1/s1. The van der Waals surface area contributed by atoms with E-state index < -0.39 is 0 Å². The Kier molecular flexibility index (Phi) is 4.56. The van der Waals surface area contributed by atoms with E-state index >= 15 is 0 Å². The summed E-state index contributed by atoms with van der Waals surface area (Å²) >= 11 is 0. The van der Waals surface area contributed by atoms with Gasteiger partial charge in [-0.05, 0) is 47.1 Å². The minimum atomic E-state index is -0.137. The van der Waals surface area contributed by atoms with E-state index in [-0.39, 0.29) is 11.8 Å². The molecular formula is C24H22N2O. The Labute approximate surface area is 160 Å². The van der Waals surface area contributed by atoms with Crippen LogP contribution in [0.15, 0.2) is 89.0 Å². The maximum Gasteiger partial charge on any atom is 0.205 e. The van der Waals surface area contributed by atoms with Gasteiger partial charge in [0.05, 0.1) is 0 Å². The van der Waals surface area contributed by atoms with Crippen LogP contribution in [0, 0.1) is 17.2 Å². The molecule has 27 heavy (non-hydrogen) atoms. The minimum absolute atomic E-state index is 0.137. The van der Waals surface area contributed by atoms with Gasteiger partial charge in [-0.25, -0.2) is 0 Å². The molecule has 3 nitrogen and oxygen atoms in total. The first-order valence-corrected chi connectivity index (χ1v) is 9.29. The lowest BCUT2D eigenvalue weighted by atomic mass is 9.74. The second-order valence-corrected chi connectivity index (χ2v) is 7.28. The molecule has 3 heteroatoms. The number of nitriles is 1. The minimum Gasteiger partial charge on any atom is -0.440 e. The first kappa shape index (κ1) is 17.2. The molecule has 2 aliphatic rings. The van der Waals surface area contributed by atoms with E-state index in [0.717, 1.165) is 40.9 Å². The molecule has 2 aromatic carbocycles. The predicted molar refractivity (Wildman–Crippen MR) is 107 cm³/mol. The van der Waals surface area contributed by atoms with Gasteiger partial charge in [-0.15, -0.1) is 0 Å². The van der Waals surface area contributed by atoms with Crippen LogP contribution in [0.1, 0.15) is 36.8 Å². The van der Waals surface area contributed by atoms with Crippen molar-refractivity contribution < 1.29 is 4.74 Å². The highest BCUT2D eigenvalue weighted by molar-refractivity contribution is 5.62. The third-order valence-electron chi connectivity index (χ3n) is 5.23. The van der Waals surface area contributed by atoms with Crippen LogP contribution in [0.4, 0.5) is 0 Å². The summed E-state index contributed by atoms with van der Waals surface area (Å²) in [4.78, 5) is 0. The molecule has 2 atom stereocenters. The second-order valence-electron chi connectivity index (χ2n) is 7.28. The van der Waals surface area contributed by atoms with Crippen LogP contribution >= 0.6 is 0 Å². The summed E-state index contributed by atoms with van der Waals surface area (Å²) in [7, 11) is 0. The summed E-state index contributed by atoms with van der Waals surface area (Å²) in [6.45, 7) is 2.25. The lowest BCUT2D eigenvalue weighted by molar-refractivity contribution is 0.268. The normalized spacial score (nSPS) is 23.6. The highest BCUT2D eigenvalue weighted by Gasteiger charge is 2.37. The van der Waals surface area contributed by atoms with Crippen LogP contribution in [-0.2, 0) is 4.74 Å². The average molecular weight is 354 g/mol. The summed E-state index contributed by atoms with van der Waals surface area (Å²) in [6, 6.07) is 22.7. The summed E-state index contributed by atoms with van der Waals surface area (Å²) in [5, 5.41) is 9.75. The van der Waals surface area contributed by atoms with E-state index in [2.05, 4.69) is 43.3 Å². The fourth-order valence-corrected chi connectivity index (χ4v) is 4.08. The molecule has 1 aliphatic heterocycles. The molecule has 0 saturated heterocycles. The fourth-order valence-electron chi connectivity index (χ4n) is 4.08. The van der Waals surface area contributed by atoms with Crippen molar-refractivity contribution in [2.75, 3.05) is 0 Å². The van der Waals surface area contributed by atoms with Crippen molar-refractivity contribution in [2.45, 2.75) is 25.7 Å². The number of nitrogens with two attached hydrogens (primary N) is 1. The molecule has 0 unspecified atom stereocenters. The third-order valence-corrected chi connectivity index (χ3v) is 5.23. The molecule has 0 bridgehead atoms. The van der Waals surface area contributed by atoms with Gasteiger partial charge in [-0.2, -0.15) is 5.26 Å². The van der Waals surface area contributed by atoms with Crippen molar-refractivity contribution in [1.29, 1.82) is 5.26 Å². The van der Waals surface area contributed by atoms with Crippen LogP contribution in [0.2, 0.25) is 0 Å². The van der Waals surface area contributed by atoms with Gasteiger partial charge in [0, 0.05) is 5.92 Å². The Hall–Kier alpha value is -3.25. The van der Waals surface area contributed by atoms with Crippen molar-refractivity contribution >= 4 is 6.08 Å². The van der Waals surface area contributed by atoms with E-state index in [1.54, 1.807) is 0 Å². The van der Waals surface area contributed by atoms with E-state index in [9.17, 15) is 5.26 Å². The molecule has 0 spiro atoms. The van der Waals surface area contributed by atoms with Crippen LogP contribution < -0.4 is 5.73 Å². The predicted octanol–water partition coefficient (Wildman–Crippen LogP) is 5.26. The summed E-state index contributed by atoms with van der Waals surface area (Å²) in [5.74, 6) is 1.41. The first-order valence-electron chi connectivity index (χ1n) is 9.29. The lowest BCUT2D eigenvalue weighted by Gasteiger charge is -2.35. The summed E-state index contributed by atoms with van der Waals surface area (Å²) in [5.41, 5.74) is 11.2. The number of hydrogen-bond donors (Lipinski definition) is 1. The molecule has 4 rings (SSSR count). The van der Waals surface area contributed by atoms with Crippen LogP contribution in [0.25, 0.3) is 6.08 Å². The maximum absolute atomic E-state index is 9.75. The highest BCUT2D eigenvalue weighted by Crippen LogP contribution is 2.48. The van der Waals surface area contributed by atoms with Crippen molar-refractivity contribution in [3.63, 3.8) is 0 Å². The molecule has 134 valence electrons. The molecule has 1 heterocycles. The SMILES string of the molecule is C[C@@H]1CC(=Cc2ccccc2)C2=C(C1)[C@@H](c1ccccc1)C(C#N)=C(N)O2. The number of benzene rings is 2. The zero-order valence-electron chi connectivity index (χ0n) is 15.4. The fraction of sp³-hybridized carbons (Fsp3) is 0.208. The van der Waals surface area contributed by atoms with Gasteiger partial charge in [0.1, 0.15) is 17.4 Å². The van der Waals surface area contributed by atoms with Gasteiger partial charge >= 0.3 is 0 Å². The van der Waals surface area contributed by atoms with Crippen molar-refractivity contribution in [3.05, 3.63) is 100 Å². The number of nitrogens with zero attached hydrogens (tertiary/aromatic N) is 1. The molecule has 0 aromatic heterocycles. The molecule has 2 aromatic rings. The number of rotatable bonds is 2. The molecule has 0 radical (unpaired) electrons. The van der Waals surface area contributed by atoms with Crippen molar-refractivity contribution in [3.8, 4) is 6.07 Å². The van der Waals surface area contributed by atoms with Gasteiger partial charge < -0.3 is 10.5 Å². The Morgan fingerprint density at radius 1 is 1.04 bits per heavy atom. The molecule has 2 N–H and O–H groups in total. The molecule has 1 aliphatic carbocycles. The topological polar surface area (TPSA) is 59.0 Å². The first-order chi connectivity index (χ1) is 13.2. The zero-order chi connectivity index (χ0) is 18.8. The van der Waals surface area contributed by atoms with Gasteiger partial charge in [-0.1, -0.05) is 67.6 Å². The quantitative estimate of drug-likeness (QED) is 0.800. The smallest absolute Gasteiger partial charge is 0.205 e. The van der Waals surface area contributed by atoms with E-state index in [0.29, 0.717) is 11.5 Å². The van der Waals surface area contributed by atoms with Crippen LogP contribution in [0.3, 0.4) is 0 Å². The Bertz CT molecular complexity index is 978. The van der Waals surface area contributed by atoms with Gasteiger partial charge in [0.25, 0.3) is 0 Å². The van der Waals surface area contributed by atoms with Crippen LogP contribution in [-0.4, -0.2) is 0 Å². The zero-order valence-corrected chi connectivity index (χ0v) is 15.4. The van der Waals surface area contributed by atoms with Crippen molar-refractivity contribution in [1.82, 2.24) is 0 Å². The largest absolute Gasteiger partial charge is 0.440 e. The van der Waals surface area contributed by atoms with Gasteiger partial charge in [-0.3, -0.25) is 0 Å². The monoisotopic (exact) mass is 354 g/mol. The van der Waals surface area contributed by atoms with Gasteiger partial charge in [0.2, 0.25) is 5.88 Å². The van der Waals surface area contributed by atoms with Crippen LogP contribution in [0.5, 0.6) is 0 Å². The van der Waals surface area contributed by atoms with E-state index in [4.69, 9.17) is 10.5 Å². The maximum atomic E-state index is 9.75.